The van der Waals surface area contributed by atoms with Crippen LogP contribution in [0.25, 0.3) is 0 Å². The van der Waals surface area contributed by atoms with Gasteiger partial charge in [0.15, 0.2) is 0 Å². The van der Waals surface area contributed by atoms with Crippen molar-refractivity contribution in [1.82, 2.24) is 10.2 Å². The summed E-state index contributed by atoms with van der Waals surface area (Å²) in [6.45, 7) is 4.37. The van der Waals surface area contributed by atoms with E-state index in [-0.39, 0.29) is 0 Å². The van der Waals surface area contributed by atoms with Crippen LogP contribution in [-0.2, 0) is 4.79 Å². The van der Waals surface area contributed by atoms with Crippen molar-refractivity contribution in [3.63, 3.8) is 0 Å². The number of carbonyl (C=O) groups excluding carboxylic acids is 1. The fraction of sp³-hybridized carbons (Fsp3) is 0.944. The minimum atomic E-state index is 0.352. The maximum Gasteiger partial charge on any atom is 0.222 e. The van der Waals surface area contributed by atoms with E-state index in [1.165, 1.54) is 51.4 Å². The van der Waals surface area contributed by atoms with E-state index < -0.39 is 0 Å². The molecule has 0 aromatic heterocycles. The highest BCUT2D eigenvalue weighted by atomic mass is 16.2. The van der Waals surface area contributed by atoms with Crippen molar-refractivity contribution in [2.75, 3.05) is 20.1 Å². The Bertz CT molecular complexity index is 262. The molecule has 0 spiro atoms. The van der Waals surface area contributed by atoms with Gasteiger partial charge in [0.1, 0.15) is 0 Å². The maximum absolute atomic E-state index is 12.2. The van der Waals surface area contributed by atoms with Crippen molar-refractivity contribution in [3.05, 3.63) is 0 Å². The van der Waals surface area contributed by atoms with E-state index in [2.05, 4.69) is 12.2 Å². The molecule has 0 aromatic rings. The molecule has 0 bridgehead atoms. The smallest absolute Gasteiger partial charge is 0.222 e. The van der Waals surface area contributed by atoms with Gasteiger partial charge in [0.05, 0.1) is 0 Å². The van der Waals surface area contributed by atoms with Gasteiger partial charge in [-0.3, -0.25) is 4.79 Å². The van der Waals surface area contributed by atoms with Crippen molar-refractivity contribution >= 4 is 5.91 Å². The van der Waals surface area contributed by atoms with Crippen molar-refractivity contribution in [3.8, 4) is 0 Å². The van der Waals surface area contributed by atoms with E-state index in [9.17, 15) is 4.79 Å². The Labute approximate surface area is 131 Å². The summed E-state index contributed by atoms with van der Waals surface area (Å²) in [4.78, 5) is 14.2. The van der Waals surface area contributed by atoms with Gasteiger partial charge >= 0.3 is 0 Å². The molecule has 21 heavy (non-hydrogen) atoms. The van der Waals surface area contributed by atoms with E-state index in [1.807, 2.05) is 11.9 Å². The van der Waals surface area contributed by atoms with E-state index in [4.69, 9.17) is 0 Å². The third-order valence-corrected chi connectivity index (χ3v) is 4.74. The van der Waals surface area contributed by atoms with Gasteiger partial charge in [0, 0.05) is 19.5 Å². The molecule has 3 heteroatoms. The molecule has 0 unspecified atom stereocenters. The van der Waals surface area contributed by atoms with Crippen LogP contribution in [-0.4, -0.2) is 37.0 Å². The Morgan fingerprint density at radius 1 is 0.952 bits per heavy atom. The van der Waals surface area contributed by atoms with Gasteiger partial charge in [-0.25, -0.2) is 0 Å². The van der Waals surface area contributed by atoms with Crippen LogP contribution in [0.2, 0.25) is 0 Å². The van der Waals surface area contributed by atoms with Crippen LogP contribution in [0.1, 0.15) is 84.0 Å². The molecule has 1 rings (SSSR count). The average molecular weight is 296 g/mol. The van der Waals surface area contributed by atoms with Gasteiger partial charge in [-0.05, 0) is 32.4 Å². The number of hydrogen-bond acceptors (Lipinski definition) is 2. The normalized spacial score (nSPS) is 16.1. The number of amides is 1. The zero-order chi connectivity index (χ0) is 15.3. The van der Waals surface area contributed by atoms with Crippen LogP contribution >= 0.6 is 0 Å². The summed E-state index contributed by atoms with van der Waals surface area (Å²) in [5.74, 6) is 0.352. The fourth-order valence-corrected chi connectivity index (χ4v) is 3.16. The molecule has 0 radical (unpaired) electrons. The Hall–Kier alpha value is -0.570. The number of carbonyl (C=O) groups is 1. The molecular formula is C18H36N2O. The molecule has 1 N–H and O–H groups in total. The lowest BCUT2D eigenvalue weighted by Crippen LogP contribution is -2.43. The van der Waals surface area contributed by atoms with Crippen LogP contribution < -0.4 is 5.32 Å². The van der Waals surface area contributed by atoms with Gasteiger partial charge in [-0.2, -0.15) is 0 Å². The van der Waals surface area contributed by atoms with E-state index in [0.717, 1.165) is 38.8 Å². The predicted octanol–water partition coefficient (Wildman–Crippen LogP) is 4.12. The molecule has 0 saturated carbocycles. The zero-order valence-electron chi connectivity index (χ0n) is 14.3. The number of unbranched alkanes of at least 4 members (excludes halogenated alkanes) is 8. The lowest BCUT2D eigenvalue weighted by molar-refractivity contribution is -0.132. The second kappa shape index (κ2) is 12.0. The third-order valence-electron chi connectivity index (χ3n) is 4.74. The molecule has 1 amide bonds. The van der Waals surface area contributed by atoms with Gasteiger partial charge in [0.25, 0.3) is 0 Å². The summed E-state index contributed by atoms with van der Waals surface area (Å²) in [6, 6.07) is 0.470. The predicted molar refractivity (Wildman–Crippen MR) is 90.5 cm³/mol. The molecule has 124 valence electrons. The molecule has 3 nitrogen and oxygen atoms in total. The average Bonchev–Trinajstić information content (AvgIpc) is 2.53. The minimum Gasteiger partial charge on any atom is -0.343 e. The number of hydrogen-bond donors (Lipinski definition) is 1. The number of rotatable bonds is 11. The van der Waals surface area contributed by atoms with Gasteiger partial charge in [0.2, 0.25) is 5.91 Å². The van der Waals surface area contributed by atoms with Crippen molar-refractivity contribution < 1.29 is 4.79 Å². The lowest BCUT2D eigenvalue weighted by atomic mass is 10.0. The molecule has 1 heterocycles. The number of nitrogens with one attached hydrogen (secondary N) is 1. The molecule has 1 aliphatic rings. The second-order valence-corrected chi connectivity index (χ2v) is 6.56. The minimum absolute atomic E-state index is 0.352. The van der Waals surface area contributed by atoms with Crippen molar-refractivity contribution in [1.29, 1.82) is 0 Å². The number of nitrogens with zero attached hydrogens (tertiary/aromatic N) is 1. The molecule has 0 aromatic carbocycles. The topological polar surface area (TPSA) is 32.3 Å². The first-order valence-corrected chi connectivity index (χ1v) is 9.22. The number of piperidine rings is 1. The van der Waals surface area contributed by atoms with Gasteiger partial charge in [-0.15, -0.1) is 0 Å². The van der Waals surface area contributed by atoms with E-state index in [1.54, 1.807) is 0 Å². The summed E-state index contributed by atoms with van der Waals surface area (Å²) in [7, 11) is 1.99. The molecule has 1 saturated heterocycles. The Morgan fingerprint density at radius 3 is 2.05 bits per heavy atom. The summed E-state index contributed by atoms with van der Waals surface area (Å²) in [5.41, 5.74) is 0. The quantitative estimate of drug-likeness (QED) is 0.582. The van der Waals surface area contributed by atoms with Crippen LogP contribution in [0.3, 0.4) is 0 Å². The standard InChI is InChI=1S/C18H36N2O/c1-3-4-5-6-7-8-9-10-11-12-18(21)20(2)17-13-15-19-16-14-17/h17,19H,3-16H2,1-2H3. The van der Waals surface area contributed by atoms with E-state index >= 15 is 0 Å². The Kier molecular flexibility index (Phi) is 10.6. The highest BCUT2D eigenvalue weighted by molar-refractivity contribution is 5.76. The van der Waals surface area contributed by atoms with Crippen molar-refractivity contribution in [2.45, 2.75) is 90.0 Å². The maximum atomic E-state index is 12.2. The Balaban J connectivity index is 1.95. The monoisotopic (exact) mass is 296 g/mol. The summed E-state index contributed by atoms with van der Waals surface area (Å²) < 4.78 is 0. The van der Waals surface area contributed by atoms with Crippen molar-refractivity contribution in [2.24, 2.45) is 0 Å². The van der Waals surface area contributed by atoms with Crippen LogP contribution in [0.15, 0.2) is 0 Å². The lowest BCUT2D eigenvalue weighted by Gasteiger charge is -2.31. The molecule has 1 fully saturated rings. The first kappa shape index (κ1) is 18.5. The van der Waals surface area contributed by atoms with E-state index in [0.29, 0.717) is 11.9 Å². The Morgan fingerprint density at radius 2 is 1.48 bits per heavy atom. The highest BCUT2D eigenvalue weighted by Crippen LogP contribution is 2.14. The summed E-state index contributed by atoms with van der Waals surface area (Å²) >= 11 is 0. The fourth-order valence-electron chi connectivity index (χ4n) is 3.16. The first-order chi connectivity index (χ1) is 10.3. The van der Waals surface area contributed by atoms with Crippen LogP contribution in [0, 0.1) is 0 Å². The third kappa shape index (κ3) is 8.45. The second-order valence-electron chi connectivity index (χ2n) is 6.56. The molecule has 0 aliphatic carbocycles. The SMILES string of the molecule is CCCCCCCCCCCC(=O)N(C)C1CCNCC1. The van der Waals surface area contributed by atoms with Gasteiger partial charge in [-0.1, -0.05) is 58.3 Å². The molecular weight excluding hydrogens is 260 g/mol. The summed E-state index contributed by atoms with van der Waals surface area (Å²) in [6.07, 6.45) is 14.8. The largest absolute Gasteiger partial charge is 0.343 e. The first-order valence-electron chi connectivity index (χ1n) is 9.22. The zero-order valence-corrected chi connectivity index (χ0v) is 14.3. The molecule has 1 aliphatic heterocycles. The van der Waals surface area contributed by atoms with Gasteiger partial charge < -0.3 is 10.2 Å². The summed E-state index contributed by atoms with van der Waals surface area (Å²) in [5, 5.41) is 3.36. The highest BCUT2D eigenvalue weighted by Gasteiger charge is 2.21. The van der Waals surface area contributed by atoms with Crippen LogP contribution in [0.5, 0.6) is 0 Å². The van der Waals surface area contributed by atoms with Crippen LogP contribution in [0.4, 0.5) is 0 Å². The molecule has 0 atom stereocenters.